The average Bonchev–Trinajstić information content (AvgIpc) is 2.93. The highest BCUT2D eigenvalue weighted by molar-refractivity contribution is 9.10. The SMILES string of the molecule is Cc1ccc(NC(=O)Cc2csc(=Nc3ccc(Br)cc3)n2C)cc1Cl. The van der Waals surface area contributed by atoms with Crippen LogP contribution in [0.1, 0.15) is 11.3 Å². The van der Waals surface area contributed by atoms with Crippen LogP contribution in [0.3, 0.4) is 0 Å². The van der Waals surface area contributed by atoms with Crippen LogP contribution in [0.4, 0.5) is 11.4 Å². The number of amides is 1. The summed E-state index contributed by atoms with van der Waals surface area (Å²) in [5, 5.41) is 5.48. The van der Waals surface area contributed by atoms with E-state index in [1.807, 2.05) is 60.3 Å². The van der Waals surface area contributed by atoms with Crippen molar-refractivity contribution in [2.45, 2.75) is 13.3 Å². The highest BCUT2D eigenvalue weighted by Gasteiger charge is 2.09. The number of hydrogen-bond donors (Lipinski definition) is 1. The third-order valence-corrected chi connectivity index (χ3v) is 5.77. The van der Waals surface area contributed by atoms with Crippen molar-refractivity contribution in [1.29, 1.82) is 0 Å². The Morgan fingerprint density at radius 3 is 2.69 bits per heavy atom. The molecule has 2 aromatic carbocycles. The van der Waals surface area contributed by atoms with Crippen LogP contribution < -0.4 is 10.1 Å². The van der Waals surface area contributed by atoms with Crippen molar-refractivity contribution in [2.24, 2.45) is 12.0 Å². The Kier molecular flexibility index (Phi) is 5.96. The monoisotopic (exact) mass is 449 g/mol. The van der Waals surface area contributed by atoms with E-state index in [1.165, 1.54) is 11.3 Å². The largest absolute Gasteiger partial charge is 0.326 e. The van der Waals surface area contributed by atoms with Crippen molar-refractivity contribution in [2.75, 3.05) is 5.32 Å². The van der Waals surface area contributed by atoms with E-state index < -0.39 is 0 Å². The number of halogens is 2. The molecule has 1 heterocycles. The molecule has 0 spiro atoms. The van der Waals surface area contributed by atoms with E-state index in [0.29, 0.717) is 10.7 Å². The first kappa shape index (κ1) is 18.9. The van der Waals surface area contributed by atoms with Gasteiger partial charge in [-0.15, -0.1) is 11.3 Å². The Morgan fingerprint density at radius 2 is 2.00 bits per heavy atom. The maximum absolute atomic E-state index is 12.3. The van der Waals surface area contributed by atoms with Crippen LogP contribution in [0.25, 0.3) is 0 Å². The number of nitrogens with zero attached hydrogens (tertiary/aromatic N) is 2. The summed E-state index contributed by atoms with van der Waals surface area (Å²) < 4.78 is 2.95. The van der Waals surface area contributed by atoms with E-state index in [1.54, 1.807) is 6.07 Å². The zero-order valence-electron chi connectivity index (χ0n) is 14.3. The highest BCUT2D eigenvalue weighted by atomic mass is 79.9. The lowest BCUT2D eigenvalue weighted by atomic mass is 10.2. The lowest BCUT2D eigenvalue weighted by molar-refractivity contribution is -0.115. The number of nitrogens with one attached hydrogen (secondary N) is 1. The van der Waals surface area contributed by atoms with Gasteiger partial charge < -0.3 is 9.88 Å². The molecule has 3 rings (SSSR count). The quantitative estimate of drug-likeness (QED) is 0.581. The van der Waals surface area contributed by atoms with Gasteiger partial charge >= 0.3 is 0 Å². The molecular weight excluding hydrogens is 434 g/mol. The molecule has 1 amide bonds. The summed E-state index contributed by atoms with van der Waals surface area (Å²) in [5.41, 5.74) is 3.45. The molecule has 4 nitrogen and oxygen atoms in total. The fourth-order valence-corrected chi connectivity index (χ4v) is 3.69. The van der Waals surface area contributed by atoms with Gasteiger partial charge in [0.15, 0.2) is 4.80 Å². The van der Waals surface area contributed by atoms with Crippen LogP contribution in [0.5, 0.6) is 0 Å². The minimum atomic E-state index is -0.0893. The summed E-state index contributed by atoms with van der Waals surface area (Å²) in [6.45, 7) is 1.93. The molecule has 1 aromatic heterocycles. The molecule has 0 aliphatic rings. The summed E-state index contributed by atoms with van der Waals surface area (Å²) >= 11 is 11.0. The van der Waals surface area contributed by atoms with Gasteiger partial charge in [-0.05, 0) is 48.9 Å². The number of carbonyl (C=O) groups is 1. The Morgan fingerprint density at radius 1 is 1.27 bits per heavy atom. The zero-order valence-corrected chi connectivity index (χ0v) is 17.5. The van der Waals surface area contributed by atoms with Gasteiger partial charge in [0.05, 0.1) is 12.1 Å². The second kappa shape index (κ2) is 8.20. The molecule has 0 radical (unpaired) electrons. The van der Waals surface area contributed by atoms with Crippen molar-refractivity contribution in [3.05, 3.63) is 73.4 Å². The van der Waals surface area contributed by atoms with Crippen LogP contribution in [0.2, 0.25) is 5.02 Å². The summed E-state index contributed by atoms with van der Waals surface area (Å²) in [4.78, 5) is 17.8. The minimum Gasteiger partial charge on any atom is -0.326 e. The Bertz CT molecular complexity index is 1010. The van der Waals surface area contributed by atoms with Crippen LogP contribution in [0, 0.1) is 6.92 Å². The van der Waals surface area contributed by atoms with Crippen LogP contribution in [-0.4, -0.2) is 10.5 Å². The predicted molar refractivity (Wildman–Crippen MR) is 111 cm³/mol. The number of anilines is 1. The maximum Gasteiger partial charge on any atom is 0.230 e. The van der Waals surface area contributed by atoms with E-state index in [9.17, 15) is 4.79 Å². The molecule has 0 atom stereocenters. The van der Waals surface area contributed by atoms with Crippen molar-refractivity contribution in [3.8, 4) is 0 Å². The van der Waals surface area contributed by atoms with Gasteiger partial charge in [-0.2, -0.15) is 0 Å². The van der Waals surface area contributed by atoms with Crippen LogP contribution in [-0.2, 0) is 18.3 Å². The summed E-state index contributed by atoms with van der Waals surface area (Å²) in [5.74, 6) is -0.0893. The molecule has 1 N–H and O–H groups in total. The molecule has 7 heteroatoms. The number of hydrogen-bond acceptors (Lipinski definition) is 3. The van der Waals surface area contributed by atoms with Gasteiger partial charge in [-0.25, -0.2) is 4.99 Å². The standard InChI is InChI=1S/C19H17BrClN3OS/c1-12-3-6-15(9-17(12)21)22-18(25)10-16-11-26-19(24(16)2)23-14-7-4-13(20)5-8-14/h3-9,11H,10H2,1-2H3,(H,22,25). The van der Waals surface area contributed by atoms with Gasteiger partial charge in [0.25, 0.3) is 0 Å². The molecule has 0 aliphatic carbocycles. The molecule has 26 heavy (non-hydrogen) atoms. The zero-order chi connectivity index (χ0) is 18.7. The first-order valence-corrected chi connectivity index (χ1v) is 9.97. The fourth-order valence-electron chi connectivity index (χ4n) is 2.33. The minimum absolute atomic E-state index is 0.0893. The third-order valence-electron chi connectivity index (χ3n) is 3.87. The highest BCUT2D eigenvalue weighted by Crippen LogP contribution is 2.20. The lowest BCUT2D eigenvalue weighted by Gasteiger charge is -2.07. The second-order valence-electron chi connectivity index (χ2n) is 5.85. The Hall–Kier alpha value is -1.89. The number of thiazole rings is 1. The van der Waals surface area contributed by atoms with E-state index in [2.05, 4.69) is 26.2 Å². The number of carbonyl (C=O) groups excluding carboxylic acids is 1. The topological polar surface area (TPSA) is 46.4 Å². The summed E-state index contributed by atoms with van der Waals surface area (Å²) in [6, 6.07) is 13.3. The van der Waals surface area contributed by atoms with Crippen molar-refractivity contribution >= 4 is 56.1 Å². The molecule has 0 fully saturated rings. The van der Waals surface area contributed by atoms with Gasteiger partial charge in [-0.1, -0.05) is 33.6 Å². The van der Waals surface area contributed by atoms with E-state index in [-0.39, 0.29) is 12.3 Å². The molecule has 0 unspecified atom stereocenters. The number of aryl methyl sites for hydroxylation is 1. The first-order chi connectivity index (χ1) is 12.4. The summed E-state index contributed by atoms with van der Waals surface area (Å²) in [7, 11) is 1.92. The average molecular weight is 451 g/mol. The molecule has 0 saturated heterocycles. The van der Waals surface area contributed by atoms with Gasteiger partial charge in [0.1, 0.15) is 0 Å². The number of rotatable bonds is 4. The normalized spacial score (nSPS) is 11.6. The molecule has 134 valence electrons. The Balaban J connectivity index is 1.74. The lowest BCUT2D eigenvalue weighted by Crippen LogP contribution is -2.19. The predicted octanol–water partition coefficient (Wildman–Crippen LogP) is 5.22. The van der Waals surface area contributed by atoms with E-state index in [4.69, 9.17) is 11.6 Å². The van der Waals surface area contributed by atoms with Crippen LogP contribution >= 0.6 is 38.9 Å². The number of aromatic nitrogens is 1. The maximum atomic E-state index is 12.3. The van der Waals surface area contributed by atoms with Crippen LogP contribution in [0.15, 0.2) is 57.3 Å². The van der Waals surface area contributed by atoms with Crippen molar-refractivity contribution in [1.82, 2.24) is 4.57 Å². The van der Waals surface area contributed by atoms with Gasteiger partial charge in [-0.3, -0.25) is 4.79 Å². The Labute approximate surface area is 169 Å². The van der Waals surface area contributed by atoms with Crippen molar-refractivity contribution < 1.29 is 4.79 Å². The second-order valence-corrected chi connectivity index (χ2v) is 8.01. The van der Waals surface area contributed by atoms with E-state index >= 15 is 0 Å². The molecule has 0 bridgehead atoms. The van der Waals surface area contributed by atoms with Gasteiger partial charge in [0, 0.05) is 33.3 Å². The molecule has 0 aliphatic heterocycles. The van der Waals surface area contributed by atoms with Gasteiger partial charge in [0.2, 0.25) is 5.91 Å². The summed E-state index contributed by atoms with van der Waals surface area (Å²) in [6.07, 6.45) is 0.272. The fraction of sp³-hybridized carbons (Fsp3) is 0.158. The third kappa shape index (κ3) is 4.63. The van der Waals surface area contributed by atoms with Crippen molar-refractivity contribution in [3.63, 3.8) is 0 Å². The number of benzene rings is 2. The molecular formula is C19H17BrClN3OS. The van der Waals surface area contributed by atoms with E-state index in [0.717, 1.165) is 26.2 Å². The first-order valence-electron chi connectivity index (χ1n) is 7.92. The molecule has 3 aromatic rings. The molecule has 0 saturated carbocycles. The smallest absolute Gasteiger partial charge is 0.230 e.